The third-order valence-electron chi connectivity index (χ3n) is 7.88. The van der Waals surface area contributed by atoms with E-state index in [1.165, 1.54) is 19.2 Å². The first kappa shape index (κ1) is 28.9. The van der Waals surface area contributed by atoms with Crippen LogP contribution in [0.25, 0.3) is 0 Å². The van der Waals surface area contributed by atoms with Gasteiger partial charge in [-0.25, -0.2) is 0 Å². The van der Waals surface area contributed by atoms with E-state index < -0.39 is 16.0 Å². The van der Waals surface area contributed by atoms with E-state index in [1.54, 1.807) is 36.4 Å². The van der Waals surface area contributed by atoms with E-state index in [0.29, 0.717) is 59.5 Å². The van der Waals surface area contributed by atoms with Gasteiger partial charge in [0.15, 0.2) is 23.1 Å². The molecule has 8 heteroatoms. The van der Waals surface area contributed by atoms with Crippen LogP contribution in [0.4, 0.5) is 0 Å². The van der Waals surface area contributed by atoms with Gasteiger partial charge in [0.05, 0.1) is 7.11 Å². The van der Waals surface area contributed by atoms with Crippen LogP contribution in [0.1, 0.15) is 70.4 Å². The van der Waals surface area contributed by atoms with E-state index in [1.807, 2.05) is 27.7 Å². The number of Topliss-reactive ketones (excluding diaryl/α,β-unsaturated/α-hetero) is 2. The molecule has 216 valence electrons. The van der Waals surface area contributed by atoms with Crippen LogP contribution >= 0.6 is 0 Å². The van der Waals surface area contributed by atoms with Crippen molar-refractivity contribution in [1.29, 1.82) is 0 Å². The van der Waals surface area contributed by atoms with Crippen molar-refractivity contribution in [3.05, 3.63) is 88.9 Å². The summed E-state index contributed by atoms with van der Waals surface area (Å²) >= 11 is 0. The van der Waals surface area contributed by atoms with Crippen LogP contribution in [0.5, 0.6) is 11.5 Å². The van der Waals surface area contributed by atoms with Gasteiger partial charge in [-0.3, -0.25) is 9.59 Å². The second-order valence-electron chi connectivity index (χ2n) is 12.6. The Morgan fingerprint density at radius 2 is 1.49 bits per heavy atom. The highest BCUT2D eigenvalue weighted by atomic mass is 32.2. The van der Waals surface area contributed by atoms with Crippen molar-refractivity contribution in [2.45, 2.75) is 70.6 Å². The molecule has 2 aromatic rings. The van der Waals surface area contributed by atoms with Crippen molar-refractivity contribution in [3.8, 4) is 11.5 Å². The van der Waals surface area contributed by atoms with Gasteiger partial charge in [-0.2, -0.15) is 8.42 Å². The molecule has 0 radical (unpaired) electrons. The maximum atomic E-state index is 13.7. The summed E-state index contributed by atoms with van der Waals surface area (Å²) in [5.74, 6) is 0.680. The Morgan fingerprint density at radius 1 is 0.927 bits per heavy atom. The molecule has 2 aromatic carbocycles. The number of hydrogen-bond acceptors (Lipinski definition) is 7. The Balaban J connectivity index is 1.70. The van der Waals surface area contributed by atoms with Crippen LogP contribution in [0.15, 0.2) is 82.7 Å². The lowest BCUT2D eigenvalue weighted by atomic mass is 9.65. The Hall–Kier alpha value is -3.65. The summed E-state index contributed by atoms with van der Waals surface area (Å²) < 4.78 is 44.1. The van der Waals surface area contributed by atoms with E-state index in [2.05, 4.69) is 6.58 Å². The Morgan fingerprint density at radius 3 is 2.00 bits per heavy atom. The van der Waals surface area contributed by atoms with Gasteiger partial charge in [0.25, 0.3) is 0 Å². The zero-order valence-electron chi connectivity index (χ0n) is 24.2. The number of allylic oxidation sites excluding steroid dienone is 5. The molecule has 5 rings (SSSR count). The largest absolute Gasteiger partial charge is 0.493 e. The van der Waals surface area contributed by atoms with Crippen molar-refractivity contribution in [3.63, 3.8) is 0 Å². The molecule has 0 unspecified atom stereocenters. The Labute approximate surface area is 242 Å². The summed E-state index contributed by atoms with van der Waals surface area (Å²) in [5, 5.41) is 0. The molecule has 3 aliphatic rings. The van der Waals surface area contributed by atoms with E-state index >= 15 is 0 Å². The minimum Gasteiger partial charge on any atom is -0.493 e. The fraction of sp³-hybridized carbons (Fsp3) is 0.394. The minimum absolute atomic E-state index is 0.00976. The maximum Gasteiger partial charge on any atom is 0.339 e. The molecule has 0 saturated heterocycles. The summed E-state index contributed by atoms with van der Waals surface area (Å²) in [6.07, 6.45) is 3.73. The fourth-order valence-electron chi connectivity index (χ4n) is 6.16. The van der Waals surface area contributed by atoms with Gasteiger partial charge in [0.1, 0.15) is 16.4 Å². The highest BCUT2D eigenvalue weighted by molar-refractivity contribution is 7.87. The zero-order valence-corrected chi connectivity index (χ0v) is 25.0. The number of methoxy groups -OCH3 is 1. The first-order valence-electron chi connectivity index (χ1n) is 13.8. The van der Waals surface area contributed by atoms with Crippen molar-refractivity contribution in [2.75, 3.05) is 7.11 Å². The molecule has 0 fully saturated rings. The number of rotatable bonds is 7. The summed E-state index contributed by atoms with van der Waals surface area (Å²) in [6.45, 7) is 12.0. The van der Waals surface area contributed by atoms with Gasteiger partial charge in [0.2, 0.25) is 0 Å². The predicted molar refractivity (Wildman–Crippen MR) is 155 cm³/mol. The highest BCUT2D eigenvalue weighted by Gasteiger charge is 2.48. The van der Waals surface area contributed by atoms with E-state index in [-0.39, 0.29) is 45.2 Å². The van der Waals surface area contributed by atoms with Crippen molar-refractivity contribution < 1.29 is 31.7 Å². The van der Waals surface area contributed by atoms with Gasteiger partial charge in [0, 0.05) is 48.3 Å². The highest BCUT2D eigenvalue weighted by Crippen LogP contribution is 2.54. The molecule has 0 saturated carbocycles. The summed E-state index contributed by atoms with van der Waals surface area (Å²) in [6, 6.07) is 11.3. The van der Waals surface area contributed by atoms with Crippen LogP contribution in [0.2, 0.25) is 0 Å². The van der Waals surface area contributed by atoms with E-state index in [9.17, 15) is 18.0 Å². The Kier molecular flexibility index (Phi) is 7.26. The molecule has 0 N–H and O–H groups in total. The lowest BCUT2D eigenvalue weighted by molar-refractivity contribution is -0.120. The molecule has 41 heavy (non-hydrogen) atoms. The number of carbonyl (C=O) groups is 2. The standard InChI is InChI=1S/C33H36O7S/c1-7-11-20-14-21(15-25(38-6)31(20)40-41(36,37)22-12-9-8-10-13-22)28-29-23(34)16-32(2,3)18-26(29)39-27-19-33(4,5)17-24(35)30(27)28/h7-10,12-15,28H,1,11,16-19H2,2-6H3. The minimum atomic E-state index is -4.17. The number of hydrogen-bond donors (Lipinski definition) is 0. The lowest BCUT2D eigenvalue weighted by Gasteiger charge is -2.42. The van der Waals surface area contributed by atoms with Crippen LogP contribution < -0.4 is 8.92 Å². The topological polar surface area (TPSA) is 96.0 Å². The van der Waals surface area contributed by atoms with Crippen molar-refractivity contribution >= 4 is 21.7 Å². The third-order valence-corrected chi connectivity index (χ3v) is 9.11. The summed E-state index contributed by atoms with van der Waals surface area (Å²) in [4.78, 5) is 27.4. The van der Waals surface area contributed by atoms with E-state index in [0.717, 1.165) is 0 Å². The molecule has 0 bridgehead atoms. The van der Waals surface area contributed by atoms with Gasteiger partial charge < -0.3 is 13.7 Å². The van der Waals surface area contributed by atoms with Crippen LogP contribution in [0, 0.1) is 10.8 Å². The van der Waals surface area contributed by atoms with Gasteiger partial charge in [-0.05, 0) is 41.0 Å². The second-order valence-corrected chi connectivity index (χ2v) is 14.2. The average Bonchev–Trinajstić information content (AvgIpc) is 2.87. The quantitative estimate of drug-likeness (QED) is 0.271. The van der Waals surface area contributed by atoms with Crippen LogP contribution in [-0.2, 0) is 30.9 Å². The molecule has 0 aromatic heterocycles. The monoisotopic (exact) mass is 576 g/mol. The third kappa shape index (κ3) is 5.49. The first-order chi connectivity index (χ1) is 19.2. The van der Waals surface area contributed by atoms with Crippen LogP contribution in [-0.4, -0.2) is 27.1 Å². The molecule has 0 amide bonds. The summed E-state index contributed by atoms with van der Waals surface area (Å²) in [5.41, 5.74) is 1.59. The number of ether oxygens (including phenoxy) is 2. The number of benzene rings is 2. The second kappa shape index (κ2) is 10.3. The number of carbonyl (C=O) groups excluding carboxylic acids is 2. The molecular formula is C33H36O7S. The smallest absolute Gasteiger partial charge is 0.339 e. The predicted octanol–water partition coefficient (Wildman–Crippen LogP) is 6.59. The molecule has 2 aliphatic carbocycles. The van der Waals surface area contributed by atoms with Crippen molar-refractivity contribution in [1.82, 2.24) is 0 Å². The fourth-order valence-corrected chi connectivity index (χ4v) is 7.15. The Bertz CT molecular complexity index is 1560. The molecule has 0 spiro atoms. The molecule has 0 atom stereocenters. The average molecular weight is 577 g/mol. The van der Waals surface area contributed by atoms with Gasteiger partial charge in [-0.1, -0.05) is 58.0 Å². The SMILES string of the molecule is C=CCc1cc(C2C3=C(CC(C)(C)CC3=O)OC3=C2C(=O)CC(C)(C)C3)cc(OC)c1OS(=O)(=O)c1ccccc1. The maximum absolute atomic E-state index is 13.7. The molecule has 1 aliphatic heterocycles. The molecular weight excluding hydrogens is 540 g/mol. The molecule has 7 nitrogen and oxygen atoms in total. The van der Waals surface area contributed by atoms with Gasteiger partial charge >= 0.3 is 10.1 Å². The number of ketones is 2. The van der Waals surface area contributed by atoms with Gasteiger partial charge in [-0.15, -0.1) is 6.58 Å². The van der Waals surface area contributed by atoms with Crippen LogP contribution in [0.3, 0.4) is 0 Å². The summed E-state index contributed by atoms with van der Waals surface area (Å²) in [7, 11) is -2.74. The van der Waals surface area contributed by atoms with Crippen molar-refractivity contribution in [2.24, 2.45) is 10.8 Å². The first-order valence-corrected chi connectivity index (χ1v) is 15.2. The zero-order chi connectivity index (χ0) is 29.7. The molecule has 1 heterocycles. The lowest BCUT2D eigenvalue weighted by Crippen LogP contribution is -2.37. The van der Waals surface area contributed by atoms with E-state index in [4.69, 9.17) is 13.7 Å². The normalized spacial score (nSPS) is 20.2.